The normalized spacial score (nSPS) is 40.9. The zero-order valence-electron chi connectivity index (χ0n) is 7.63. The fraction of sp³-hybridized carbons (Fsp3) is 1.00. The first-order valence-electron chi connectivity index (χ1n) is 4.12. The van der Waals surface area contributed by atoms with Crippen molar-refractivity contribution in [3.05, 3.63) is 0 Å². The second-order valence-corrected chi connectivity index (χ2v) is 3.78. The average molecular weight is 158 g/mol. The molecule has 11 heavy (non-hydrogen) atoms. The lowest BCUT2D eigenvalue weighted by molar-refractivity contribution is -0.127. The summed E-state index contributed by atoms with van der Waals surface area (Å²) >= 11 is 0. The summed E-state index contributed by atoms with van der Waals surface area (Å²) in [5.74, 6) is 0. The first-order valence-corrected chi connectivity index (χ1v) is 4.12. The number of hydrogen-bond donors (Lipinski definition) is 1. The number of rotatable bonds is 1. The molecular formula is C8H18N2O. The Bertz CT molecular complexity index is 128. The van der Waals surface area contributed by atoms with Gasteiger partial charge < -0.3 is 15.4 Å². The van der Waals surface area contributed by atoms with Crippen LogP contribution in [0.1, 0.15) is 13.8 Å². The minimum Gasteiger partial charge on any atom is -0.368 e. The fourth-order valence-electron chi connectivity index (χ4n) is 1.75. The van der Waals surface area contributed by atoms with Crippen LogP contribution in [-0.2, 0) is 4.74 Å². The van der Waals surface area contributed by atoms with E-state index in [4.69, 9.17) is 10.5 Å². The highest BCUT2D eigenvalue weighted by Gasteiger charge is 2.32. The minimum absolute atomic E-state index is 0.133. The van der Waals surface area contributed by atoms with Crippen LogP contribution in [0.4, 0.5) is 0 Å². The summed E-state index contributed by atoms with van der Waals surface area (Å²) in [6.45, 7) is 6.70. The van der Waals surface area contributed by atoms with Crippen molar-refractivity contribution in [1.29, 1.82) is 0 Å². The van der Waals surface area contributed by atoms with Crippen molar-refractivity contribution in [1.82, 2.24) is 4.90 Å². The molecule has 3 nitrogen and oxygen atoms in total. The second-order valence-electron chi connectivity index (χ2n) is 3.78. The molecule has 1 heterocycles. The van der Waals surface area contributed by atoms with Crippen LogP contribution >= 0.6 is 0 Å². The standard InChI is InChI=1S/C8H18N2O/c1-7-4-10(3)6-8(2,5-9)11-7/h7H,4-6,9H2,1-3H3. The number of ether oxygens (including phenoxy) is 1. The molecule has 0 amide bonds. The summed E-state index contributed by atoms with van der Waals surface area (Å²) in [5, 5.41) is 0. The van der Waals surface area contributed by atoms with Crippen molar-refractivity contribution in [3.8, 4) is 0 Å². The number of hydrogen-bond acceptors (Lipinski definition) is 3. The molecule has 1 aliphatic rings. The molecule has 2 unspecified atom stereocenters. The maximum absolute atomic E-state index is 5.73. The Balaban J connectivity index is 2.55. The highest BCUT2D eigenvalue weighted by atomic mass is 16.5. The SMILES string of the molecule is CC1CN(C)CC(C)(CN)O1. The van der Waals surface area contributed by atoms with Crippen molar-refractivity contribution < 1.29 is 4.74 Å². The van der Waals surface area contributed by atoms with Crippen molar-refractivity contribution in [2.45, 2.75) is 25.6 Å². The van der Waals surface area contributed by atoms with Gasteiger partial charge in [-0.3, -0.25) is 0 Å². The highest BCUT2D eigenvalue weighted by Crippen LogP contribution is 2.18. The third kappa shape index (κ3) is 2.15. The van der Waals surface area contributed by atoms with E-state index < -0.39 is 0 Å². The van der Waals surface area contributed by atoms with Crippen molar-refractivity contribution in [3.63, 3.8) is 0 Å². The van der Waals surface area contributed by atoms with E-state index >= 15 is 0 Å². The quantitative estimate of drug-likeness (QED) is 0.586. The van der Waals surface area contributed by atoms with Gasteiger partial charge in [-0.1, -0.05) is 0 Å². The molecule has 0 bridgehead atoms. The molecule has 2 N–H and O–H groups in total. The lowest BCUT2D eigenvalue weighted by Crippen LogP contribution is -2.55. The van der Waals surface area contributed by atoms with E-state index in [1.54, 1.807) is 0 Å². The van der Waals surface area contributed by atoms with Crippen LogP contribution in [0.25, 0.3) is 0 Å². The average Bonchev–Trinajstić information content (AvgIpc) is 1.84. The lowest BCUT2D eigenvalue weighted by Gasteiger charge is -2.41. The molecular weight excluding hydrogens is 140 g/mol. The van der Waals surface area contributed by atoms with Gasteiger partial charge in [-0.05, 0) is 20.9 Å². The van der Waals surface area contributed by atoms with Crippen LogP contribution in [-0.4, -0.2) is 43.3 Å². The largest absolute Gasteiger partial charge is 0.368 e. The molecule has 3 heteroatoms. The minimum atomic E-state index is -0.133. The fourth-order valence-corrected chi connectivity index (χ4v) is 1.75. The van der Waals surface area contributed by atoms with Crippen molar-refractivity contribution in [2.24, 2.45) is 5.73 Å². The number of likely N-dealkylation sites (N-methyl/N-ethyl adjacent to an activating group) is 1. The molecule has 0 saturated carbocycles. The molecule has 1 saturated heterocycles. The molecule has 1 rings (SSSR count). The smallest absolute Gasteiger partial charge is 0.0906 e. The summed E-state index contributed by atoms with van der Waals surface area (Å²) in [6, 6.07) is 0. The topological polar surface area (TPSA) is 38.5 Å². The van der Waals surface area contributed by atoms with E-state index in [9.17, 15) is 0 Å². The van der Waals surface area contributed by atoms with Gasteiger partial charge in [0.2, 0.25) is 0 Å². The molecule has 0 radical (unpaired) electrons. The van der Waals surface area contributed by atoms with Gasteiger partial charge in [0.1, 0.15) is 0 Å². The summed E-state index contributed by atoms with van der Waals surface area (Å²) in [5.41, 5.74) is 5.48. The lowest BCUT2D eigenvalue weighted by atomic mass is 10.0. The molecule has 1 aliphatic heterocycles. The van der Waals surface area contributed by atoms with Crippen LogP contribution in [0.2, 0.25) is 0 Å². The molecule has 0 aromatic rings. The van der Waals surface area contributed by atoms with Crippen LogP contribution < -0.4 is 5.73 Å². The Morgan fingerprint density at radius 2 is 2.36 bits per heavy atom. The summed E-state index contributed by atoms with van der Waals surface area (Å²) in [6.07, 6.45) is 0.308. The molecule has 0 aliphatic carbocycles. The van der Waals surface area contributed by atoms with E-state index in [1.807, 2.05) is 0 Å². The van der Waals surface area contributed by atoms with Crippen LogP contribution in [0.3, 0.4) is 0 Å². The third-order valence-electron chi connectivity index (χ3n) is 2.09. The van der Waals surface area contributed by atoms with E-state index in [1.165, 1.54) is 0 Å². The van der Waals surface area contributed by atoms with E-state index in [0.717, 1.165) is 13.1 Å². The number of nitrogens with two attached hydrogens (primary N) is 1. The molecule has 2 atom stereocenters. The molecule has 1 fully saturated rings. The van der Waals surface area contributed by atoms with Gasteiger partial charge in [-0.2, -0.15) is 0 Å². The second kappa shape index (κ2) is 3.09. The number of nitrogens with zero attached hydrogens (tertiary/aromatic N) is 1. The predicted octanol–water partition coefficient (Wildman–Crippen LogP) is 0.0543. The van der Waals surface area contributed by atoms with Gasteiger partial charge in [-0.15, -0.1) is 0 Å². The molecule has 66 valence electrons. The predicted molar refractivity (Wildman–Crippen MR) is 45.5 cm³/mol. The maximum atomic E-state index is 5.73. The molecule has 0 aromatic heterocycles. The van der Waals surface area contributed by atoms with Gasteiger partial charge >= 0.3 is 0 Å². The first-order chi connectivity index (χ1) is 5.06. The third-order valence-corrected chi connectivity index (χ3v) is 2.09. The van der Waals surface area contributed by atoms with Crippen LogP contribution in [0.15, 0.2) is 0 Å². The van der Waals surface area contributed by atoms with E-state index in [0.29, 0.717) is 12.6 Å². The van der Waals surface area contributed by atoms with Gasteiger partial charge in [0, 0.05) is 19.6 Å². The summed E-state index contributed by atoms with van der Waals surface area (Å²) in [4.78, 5) is 2.26. The maximum Gasteiger partial charge on any atom is 0.0906 e. The van der Waals surface area contributed by atoms with Gasteiger partial charge in [0.05, 0.1) is 11.7 Å². The Labute approximate surface area is 68.5 Å². The van der Waals surface area contributed by atoms with E-state index in [-0.39, 0.29) is 5.60 Å². The zero-order valence-corrected chi connectivity index (χ0v) is 7.63. The summed E-state index contributed by atoms with van der Waals surface area (Å²) in [7, 11) is 2.10. The van der Waals surface area contributed by atoms with Gasteiger partial charge in [-0.25, -0.2) is 0 Å². The zero-order chi connectivity index (χ0) is 8.48. The number of morpholine rings is 1. The molecule has 0 aromatic carbocycles. The van der Waals surface area contributed by atoms with Crippen molar-refractivity contribution >= 4 is 0 Å². The van der Waals surface area contributed by atoms with E-state index in [2.05, 4.69) is 25.8 Å². The monoisotopic (exact) mass is 158 g/mol. The van der Waals surface area contributed by atoms with Crippen LogP contribution in [0.5, 0.6) is 0 Å². The van der Waals surface area contributed by atoms with Crippen LogP contribution in [0, 0.1) is 0 Å². The summed E-state index contributed by atoms with van der Waals surface area (Å²) < 4.78 is 5.73. The van der Waals surface area contributed by atoms with Gasteiger partial charge in [0.25, 0.3) is 0 Å². The Morgan fingerprint density at radius 3 is 2.82 bits per heavy atom. The molecule has 0 spiro atoms. The first kappa shape index (κ1) is 8.97. The Kier molecular flexibility index (Phi) is 2.52. The Hall–Kier alpha value is -0.120. The van der Waals surface area contributed by atoms with Gasteiger partial charge in [0.15, 0.2) is 0 Å². The van der Waals surface area contributed by atoms with Crippen molar-refractivity contribution in [2.75, 3.05) is 26.7 Å². The highest BCUT2D eigenvalue weighted by molar-refractivity contribution is 4.85. The Morgan fingerprint density at radius 1 is 1.73 bits per heavy atom.